The van der Waals surface area contributed by atoms with Crippen LogP contribution in [0, 0.1) is 13.8 Å². The molecule has 0 spiro atoms. The van der Waals surface area contributed by atoms with Gasteiger partial charge < -0.3 is 10.6 Å². The van der Waals surface area contributed by atoms with Gasteiger partial charge in [-0.05, 0) is 13.8 Å². The van der Waals surface area contributed by atoms with Gasteiger partial charge in [0.25, 0.3) is 0 Å². The van der Waals surface area contributed by atoms with E-state index in [9.17, 15) is 0 Å². The quantitative estimate of drug-likeness (QED) is 0.396. The van der Waals surface area contributed by atoms with Crippen LogP contribution in [0.5, 0.6) is 0 Å². The highest BCUT2D eigenvalue weighted by atomic mass is 127. The van der Waals surface area contributed by atoms with E-state index in [2.05, 4.69) is 51.7 Å². The lowest BCUT2D eigenvalue weighted by molar-refractivity contribution is 0.570. The number of nitrogens with one attached hydrogen (secondary N) is 2. The van der Waals surface area contributed by atoms with Crippen LogP contribution in [-0.2, 0) is 18.5 Å². The molecule has 5 nitrogen and oxygen atoms in total. The van der Waals surface area contributed by atoms with E-state index >= 15 is 0 Å². The van der Waals surface area contributed by atoms with E-state index in [-0.39, 0.29) is 29.4 Å². The van der Waals surface area contributed by atoms with Gasteiger partial charge in [0, 0.05) is 22.7 Å². The molecule has 2 N–H and O–H groups in total. The van der Waals surface area contributed by atoms with Crippen molar-refractivity contribution >= 4 is 52.6 Å². The number of aromatic nitrogens is 2. The van der Waals surface area contributed by atoms with Crippen molar-refractivity contribution in [2.45, 2.75) is 53.1 Å². The molecule has 0 aliphatic carbocycles. The van der Waals surface area contributed by atoms with E-state index in [1.165, 1.54) is 4.88 Å². The predicted molar refractivity (Wildman–Crippen MR) is 115 cm³/mol. The van der Waals surface area contributed by atoms with Gasteiger partial charge in [-0.2, -0.15) is 0 Å². The third-order valence-electron chi connectivity index (χ3n) is 3.37. The molecule has 0 atom stereocenters. The minimum absolute atomic E-state index is 0. The number of hydrogen-bond acceptors (Lipinski definition) is 5. The molecule has 0 radical (unpaired) electrons. The molecular weight excluding hydrogens is 453 g/mol. The van der Waals surface area contributed by atoms with Crippen molar-refractivity contribution in [2.75, 3.05) is 7.05 Å². The topological polar surface area (TPSA) is 62.2 Å². The van der Waals surface area contributed by atoms with Gasteiger partial charge in [0.05, 0.1) is 29.5 Å². The normalized spacial score (nSPS) is 12.0. The molecule has 0 aliphatic rings. The summed E-state index contributed by atoms with van der Waals surface area (Å²) in [6.07, 6.45) is 0. The zero-order chi connectivity index (χ0) is 17.0. The van der Waals surface area contributed by atoms with Crippen molar-refractivity contribution in [3.8, 4) is 0 Å². The molecule has 2 rings (SSSR count). The Morgan fingerprint density at radius 3 is 2.33 bits per heavy atom. The molecule has 0 aromatic carbocycles. The van der Waals surface area contributed by atoms with Crippen molar-refractivity contribution in [2.24, 2.45) is 4.99 Å². The van der Waals surface area contributed by atoms with Gasteiger partial charge in [0.15, 0.2) is 5.96 Å². The molecule has 2 heterocycles. The van der Waals surface area contributed by atoms with Gasteiger partial charge in [0.2, 0.25) is 0 Å². The molecule has 0 amide bonds. The molecule has 0 unspecified atom stereocenters. The monoisotopic (exact) mass is 479 g/mol. The van der Waals surface area contributed by atoms with Crippen molar-refractivity contribution in [1.82, 2.24) is 20.6 Å². The number of nitrogens with zero attached hydrogens (tertiary/aromatic N) is 3. The first-order valence-electron chi connectivity index (χ1n) is 7.62. The van der Waals surface area contributed by atoms with E-state index in [1.54, 1.807) is 29.7 Å². The molecule has 24 heavy (non-hydrogen) atoms. The fourth-order valence-corrected chi connectivity index (χ4v) is 3.86. The average molecular weight is 479 g/mol. The Hall–Kier alpha value is -0.740. The second kappa shape index (κ2) is 9.10. The Balaban J connectivity index is 0.00000288. The summed E-state index contributed by atoms with van der Waals surface area (Å²) in [5, 5.41) is 11.0. The third kappa shape index (κ3) is 5.96. The van der Waals surface area contributed by atoms with Gasteiger partial charge in [-0.25, -0.2) is 9.97 Å². The molecule has 0 aliphatic heterocycles. The van der Waals surface area contributed by atoms with E-state index in [0.717, 1.165) is 33.9 Å². The van der Waals surface area contributed by atoms with Crippen LogP contribution >= 0.6 is 46.7 Å². The van der Waals surface area contributed by atoms with Gasteiger partial charge in [-0.1, -0.05) is 20.8 Å². The van der Waals surface area contributed by atoms with Crippen LogP contribution in [0.4, 0.5) is 0 Å². The maximum Gasteiger partial charge on any atom is 0.191 e. The number of thiazole rings is 2. The van der Waals surface area contributed by atoms with Crippen molar-refractivity contribution in [3.63, 3.8) is 0 Å². The van der Waals surface area contributed by atoms with Crippen molar-refractivity contribution in [1.29, 1.82) is 0 Å². The molecule has 2 aromatic heterocycles. The third-order valence-corrected chi connectivity index (χ3v) is 5.29. The summed E-state index contributed by atoms with van der Waals surface area (Å²) in [4.78, 5) is 14.6. The number of aryl methyl sites for hydroxylation is 2. The number of halogens is 1. The summed E-state index contributed by atoms with van der Waals surface area (Å²) in [5.41, 5.74) is 2.32. The summed E-state index contributed by atoms with van der Waals surface area (Å²) in [6.45, 7) is 12.0. The highest BCUT2D eigenvalue weighted by Gasteiger charge is 2.17. The SMILES string of the molecule is CN=C(NCc1nc(C(C)(C)C)cs1)NCc1sc(C)nc1C.I. The first-order chi connectivity index (χ1) is 10.8. The predicted octanol–water partition coefficient (Wildman–Crippen LogP) is 4.00. The first-order valence-corrected chi connectivity index (χ1v) is 9.31. The molecule has 2 aromatic rings. The molecule has 0 saturated carbocycles. The lowest BCUT2D eigenvalue weighted by atomic mass is 9.93. The minimum atomic E-state index is 0. The fraction of sp³-hybridized carbons (Fsp3) is 0.562. The minimum Gasteiger partial charge on any atom is -0.351 e. The Morgan fingerprint density at radius 1 is 1.17 bits per heavy atom. The van der Waals surface area contributed by atoms with Crippen LogP contribution in [0.15, 0.2) is 10.4 Å². The zero-order valence-electron chi connectivity index (χ0n) is 15.1. The van der Waals surface area contributed by atoms with Crippen LogP contribution in [0.2, 0.25) is 0 Å². The zero-order valence-corrected chi connectivity index (χ0v) is 19.0. The number of hydrogen-bond donors (Lipinski definition) is 2. The van der Waals surface area contributed by atoms with Crippen LogP contribution in [0.1, 0.15) is 47.1 Å². The summed E-state index contributed by atoms with van der Waals surface area (Å²) in [5.74, 6) is 0.781. The molecular formula is C16H26IN5S2. The highest BCUT2D eigenvalue weighted by molar-refractivity contribution is 14.0. The highest BCUT2D eigenvalue weighted by Crippen LogP contribution is 2.23. The Labute approximate surface area is 169 Å². The van der Waals surface area contributed by atoms with E-state index < -0.39 is 0 Å². The number of guanidine groups is 1. The maximum atomic E-state index is 4.69. The van der Waals surface area contributed by atoms with Crippen LogP contribution < -0.4 is 10.6 Å². The van der Waals surface area contributed by atoms with Gasteiger partial charge >= 0.3 is 0 Å². The van der Waals surface area contributed by atoms with Gasteiger partial charge in [0.1, 0.15) is 5.01 Å². The molecule has 0 bridgehead atoms. The second-order valence-corrected chi connectivity index (χ2v) is 8.63. The maximum absolute atomic E-state index is 4.69. The lowest BCUT2D eigenvalue weighted by Gasteiger charge is -2.14. The van der Waals surface area contributed by atoms with Gasteiger partial charge in [-0.3, -0.25) is 4.99 Å². The van der Waals surface area contributed by atoms with Crippen LogP contribution in [-0.4, -0.2) is 23.0 Å². The van der Waals surface area contributed by atoms with Crippen molar-refractivity contribution < 1.29 is 0 Å². The van der Waals surface area contributed by atoms with Crippen LogP contribution in [0.25, 0.3) is 0 Å². The summed E-state index contributed by atoms with van der Waals surface area (Å²) in [7, 11) is 1.78. The molecule has 0 fully saturated rings. The summed E-state index contributed by atoms with van der Waals surface area (Å²) < 4.78 is 0. The summed E-state index contributed by atoms with van der Waals surface area (Å²) in [6, 6.07) is 0. The standard InChI is InChI=1S/C16H25N5S2.HI/c1-10-12(23-11(2)20-10)7-18-15(17-6)19-8-14-21-13(9-22-14)16(3,4)5;/h9H,7-8H2,1-6H3,(H2,17,18,19);1H. The molecule has 134 valence electrons. The Kier molecular flexibility index (Phi) is 8.07. The van der Waals surface area contributed by atoms with E-state index in [0.29, 0.717) is 6.54 Å². The van der Waals surface area contributed by atoms with Gasteiger partial charge in [-0.15, -0.1) is 46.7 Å². The Morgan fingerprint density at radius 2 is 1.83 bits per heavy atom. The first kappa shape index (κ1) is 21.3. The Bertz CT molecular complexity index is 685. The molecule has 0 saturated heterocycles. The van der Waals surface area contributed by atoms with Crippen LogP contribution in [0.3, 0.4) is 0 Å². The van der Waals surface area contributed by atoms with E-state index in [4.69, 9.17) is 0 Å². The second-order valence-electron chi connectivity index (χ2n) is 6.40. The smallest absolute Gasteiger partial charge is 0.191 e. The number of rotatable bonds is 4. The molecule has 8 heteroatoms. The average Bonchev–Trinajstić information content (AvgIpc) is 3.05. The summed E-state index contributed by atoms with van der Waals surface area (Å²) >= 11 is 3.41. The van der Waals surface area contributed by atoms with Crippen molar-refractivity contribution in [3.05, 3.63) is 31.7 Å². The largest absolute Gasteiger partial charge is 0.351 e. The number of aliphatic imine (C=N–C) groups is 1. The lowest BCUT2D eigenvalue weighted by Crippen LogP contribution is -2.36. The fourth-order valence-electron chi connectivity index (χ4n) is 2.02. The van der Waals surface area contributed by atoms with E-state index in [1.807, 2.05) is 13.8 Å².